The first-order chi connectivity index (χ1) is 23.5. The summed E-state index contributed by atoms with van der Waals surface area (Å²) in [6, 6.07) is 7.38. The lowest BCUT2D eigenvalue weighted by Gasteiger charge is -2.35. The minimum absolute atomic E-state index is 0.0168. The molecule has 7 rings (SSSR count). The number of H-pyrrole nitrogens is 1. The first-order valence-electron chi connectivity index (χ1n) is 16.5. The molecule has 0 bridgehead atoms. The van der Waals surface area contributed by atoms with Crippen molar-refractivity contribution in [2.24, 2.45) is 0 Å². The maximum atomic E-state index is 16.6. The monoisotopic (exact) mass is 657 g/mol. The number of hydrogen-bond acceptors (Lipinski definition) is 9. The summed E-state index contributed by atoms with van der Waals surface area (Å²) < 4.78 is 29.4. The highest BCUT2D eigenvalue weighted by molar-refractivity contribution is 6.03. The summed E-state index contributed by atoms with van der Waals surface area (Å²) in [5, 5.41) is 8.41. The van der Waals surface area contributed by atoms with Gasteiger partial charge >= 0.3 is 0 Å². The third-order valence-electron chi connectivity index (χ3n) is 9.34. The molecular formula is C34H40FN9O4. The average Bonchev–Trinajstić information content (AvgIpc) is 3.75. The quantitative estimate of drug-likeness (QED) is 0.304. The standard InChI is InChI=1S/C34H40FN9O4/c1-47-29-6-2-8-36-33(29)41-14-16-42(17-15-41)34(46)27-21-26-28(40-11-4-19-48-20-18-40)22-25(31(35)32(26)38-27)24-5-3-10-43(23-24)30(45)7-12-44-13-9-37-39-44/h2,5-6,8-9,13,21-22,38H,3-4,7,10-12,14-20,23H2,1H3. The van der Waals surface area contributed by atoms with Gasteiger partial charge in [0, 0.05) is 94.4 Å². The van der Waals surface area contributed by atoms with Crippen molar-refractivity contribution in [3.05, 3.63) is 66.0 Å². The highest BCUT2D eigenvalue weighted by Crippen LogP contribution is 2.37. The van der Waals surface area contributed by atoms with Gasteiger partial charge in [0.15, 0.2) is 17.4 Å². The Bertz CT molecular complexity index is 1790. The molecule has 3 aromatic heterocycles. The van der Waals surface area contributed by atoms with Gasteiger partial charge in [-0.25, -0.2) is 9.37 Å². The van der Waals surface area contributed by atoms with Gasteiger partial charge in [-0.3, -0.25) is 14.3 Å². The lowest BCUT2D eigenvalue weighted by molar-refractivity contribution is -0.131. The molecule has 2 fully saturated rings. The number of carbonyl (C=O) groups excluding carboxylic acids is 2. The molecule has 2 amide bonds. The summed E-state index contributed by atoms with van der Waals surface area (Å²) in [4.78, 5) is 42.5. The van der Waals surface area contributed by atoms with Crippen LogP contribution < -0.4 is 14.5 Å². The lowest BCUT2D eigenvalue weighted by atomic mass is 9.97. The third-order valence-corrected chi connectivity index (χ3v) is 9.34. The van der Waals surface area contributed by atoms with E-state index in [4.69, 9.17) is 9.47 Å². The Labute approximate surface area is 277 Å². The molecule has 0 aliphatic carbocycles. The van der Waals surface area contributed by atoms with E-state index < -0.39 is 5.82 Å². The van der Waals surface area contributed by atoms with E-state index in [9.17, 15) is 9.59 Å². The van der Waals surface area contributed by atoms with Gasteiger partial charge in [-0.1, -0.05) is 11.3 Å². The van der Waals surface area contributed by atoms with Gasteiger partial charge < -0.3 is 34.1 Å². The van der Waals surface area contributed by atoms with Crippen molar-refractivity contribution in [1.82, 2.24) is 34.8 Å². The number of methoxy groups -OCH3 is 1. The molecule has 1 aromatic carbocycles. The largest absolute Gasteiger partial charge is 0.493 e. The molecule has 1 N–H and O–H groups in total. The number of nitrogens with zero attached hydrogens (tertiary/aromatic N) is 8. The van der Waals surface area contributed by atoms with Crippen LogP contribution in [-0.2, 0) is 16.1 Å². The van der Waals surface area contributed by atoms with Gasteiger partial charge in [-0.05, 0) is 42.7 Å². The number of fused-ring (bicyclic) bond motifs is 1. The van der Waals surface area contributed by atoms with Crippen LogP contribution in [0.4, 0.5) is 15.9 Å². The Hall–Kier alpha value is -4.98. The van der Waals surface area contributed by atoms with Crippen molar-refractivity contribution in [2.75, 3.05) is 82.5 Å². The van der Waals surface area contributed by atoms with E-state index in [2.05, 4.69) is 30.1 Å². The first-order valence-corrected chi connectivity index (χ1v) is 16.5. The number of hydrogen-bond donors (Lipinski definition) is 1. The van der Waals surface area contributed by atoms with Crippen molar-refractivity contribution in [1.29, 1.82) is 0 Å². The lowest BCUT2D eigenvalue weighted by Crippen LogP contribution is -2.49. The number of benzene rings is 1. The fraction of sp³-hybridized carbons (Fsp3) is 0.441. The van der Waals surface area contributed by atoms with Crippen molar-refractivity contribution in [2.45, 2.75) is 25.8 Å². The SMILES string of the molecule is COc1cccnc1N1CCN(C(=O)c2cc3c(N4CCCOCC4)cc(C4=CCCN(C(=O)CCn5ccnn5)C4)c(F)c3[nH]2)CC1. The van der Waals surface area contributed by atoms with Crippen LogP contribution >= 0.6 is 0 Å². The Morgan fingerprint density at radius 2 is 1.90 bits per heavy atom. The number of pyridine rings is 1. The minimum atomic E-state index is -0.422. The van der Waals surface area contributed by atoms with Gasteiger partial charge in [-0.15, -0.1) is 5.10 Å². The van der Waals surface area contributed by atoms with Gasteiger partial charge in [-0.2, -0.15) is 0 Å². The molecule has 3 aliphatic rings. The number of aryl methyl sites for hydroxylation is 1. The summed E-state index contributed by atoms with van der Waals surface area (Å²) in [7, 11) is 1.62. The van der Waals surface area contributed by atoms with Crippen molar-refractivity contribution in [3.8, 4) is 5.75 Å². The van der Waals surface area contributed by atoms with E-state index in [0.717, 1.165) is 30.0 Å². The molecule has 2 saturated heterocycles. The second-order valence-corrected chi connectivity index (χ2v) is 12.2. The van der Waals surface area contributed by atoms with E-state index in [-0.39, 0.29) is 18.2 Å². The second-order valence-electron chi connectivity index (χ2n) is 12.2. The molecule has 0 atom stereocenters. The Balaban J connectivity index is 1.15. The molecule has 0 saturated carbocycles. The van der Waals surface area contributed by atoms with Crippen molar-refractivity contribution >= 4 is 39.8 Å². The second kappa shape index (κ2) is 14.0. The molecule has 0 radical (unpaired) electrons. The van der Waals surface area contributed by atoms with Crippen LogP contribution in [0.5, 0.6) is 5.75 Å². The predicted octanol–water partition coefficient (Wildman–Crippen LogP) is 3.20. The highest BCUT2D eigenvalue weighted by Gasteiger charge is 2.29. The summed E-state index contributed by atoms with van der Waals surface area (Å²) in [6.45, 7) is 6.11. The number of aromatic amines is 1. The average molecular weight is 658 g/mol. The molecule has 0 spiro atoms. The van der Waals surface area contributed by atoms with Crippen LogP contribution in [0.2, 0.25) is 0 Å². The summed E-state index contributed by atoms with van der Waals surface area (Å²) in [5.74, 6) is 0.834. The van der Waals surface area contributed by atoms with E-state index in [0.29, 0.717) is 99.9 Å². The summed E-state index contributed by atoms with van der Waals surface area (Å²) in [6.07, 6.45) is 8.81. The van der Waals surface area contributed by atoms with Gasteiger partial charge in [0.05, 0.1) is 32.0 Å². The molecule has 14 heteroatoms. The first kappa shape index (κ1) is 31.6. The molecular weight excluding hydrogens is 617 g/mol. The Morgan fingerprint density at radius 1 is 1.02 bits per heavy atom. The number of anilines is 2. The topological polar surface area (TPSA) is 125 Å². The van der Waals surface area contributed by atoms with Crippen LogP contribution in [0.25, 0.3) is 16.5 Å². The number of halogens is 1. The van der Waals surface area contributed by atoms with E-state index >= 15 is 4.39 Å². The normalized spacial score (nSPS) is 17.4. The highest BCUT2D eigenvalue weighted by atomic mass is 19.1. The summed E-state index contributed by atoms with van der Waals surface area (Å²) >= 11 is 0. The van der Waals surface area contributed by atoms with Crippen molar-refractivity contribution in [3.63, 3.8) is 0 Å². The molecule has 48 heavy (non-hydrogen) atoms. The summed E-state index contributed by atoms with van der Waals surface area (Å²) in [5.41, 5.74) is 2.69. The zero-order valence-electron chi connectivity index (χ0n) is 27.1. The Morgan fingerprint density at radius 3 is 2.71 bits per heavy atom. The number of aromatic nitrogens is 5. The molecule has 0 unspecified atom stereocenters. The van der Waals surface area contributed by atoms with Crippen LogP contribution in [0.3, 0.4) is 0 Å². The van der Waals surface area contributed by atoms with E-state index in [1.54, 1.807) is 46.2 Å². The maximum absolute atomic E-state index is 16.6. The fourth-order valence-electron chi connectivity index (χ4n) is 6.78. The van der Waals surface area contributed by atoms with E-state index in [1.165, 1.54) is 0 Å². The number of rotatable bonds is 8. The van der Waals surface area contributed by atoms with E-state index in [1.807, 2.05) is 24.3 Å². The number of carbonyl (C=O) groups is 2. The fourth-order valence-corrected chi connectivity index (χ4v) is 6.78. The number of piperazine rings is 1. The van der Waals surface area contributed by atoms with Crippen molar-refractivity contribution < 1.29 is 23.5 Å². The van der Waals surface area contributed by atoms with Gasteiger partial charge in [0.25, 0.3) is 5.91 Å². The smallest absolute Gasteiger partial charge is 0.270 e. The molecule has 4 aromatic rings. The maximum Gasteiger partial charge on any atom is 0.270 e. The Kier molecular flexibility index (Phi) is 9.23. The molecule has 3 aliphatic heterocycles. The minimum Gasteiger partial charge on any atom is -0.493 e. The van der Waals surface area contributed by atoms with Crippen LogP contribution in [0, 0.1) is 5.82 Å². The number of amides is 2. The van der Waals surface area contributed by atoms with Crippen LogP contribution in [0.1, 0.15) is 35.3 Å². The predicted molar refractivity (Wildman–Crippen MR) is 179 cm³/mol. The van der Waals surface area contributed by atoms with Crippen LogP contribution in [-0.4, -0.2) is 119 Å². The van der Waals surface area contributed by atoms with Crippen LogP contribution in [0.15, 0.2) is 48.9 Å². The number of nitrogens with one attached hydrogen (secondary N) is 1. The third kappa shape index (κ3) is 6.44. The molecule has 6 heterocycles. The van der Waals surface area contributed by atoms with Gasteiger partial charge in [0.1, 0.15) is 5.69 Å². The van der Waals surface area contributed by atoms with Gasteiger partial charge in [0.2, 0.25) is 5.91 Å². The number of ether oxygens (including phenoxy) is 2. The zero-order valence-corrected chi connectivity index (χ0v) is 27.1. The zero-order chi connectivity index (χ0) is 33.0. The molecule has 252 valence electrons. The molecule has 13 nitrogen and oxygen atoms in total.